The van der Waals surface area contributed by atoms with Crippen molar-refractivity contribution in [3.8, 4) is 0 Å². The monoisotopic (exact) mass is 334 g/mol. The molecule has 24 heavy (non-hydrogen) atoms. The van der Waals surface area contributed by atoms with E-state index in [0.717, 1.165) is 37.4 Å². The molecule has 1 amide bonds. The minimum Gasteiger partial charge on any atom is -0.444 e. The maximum atomic E-state index is 12.3. The highest BCUT2D eigenvalue weighted by Gasteiger charge is 2.24. The predicted octanol–water partition coefficient (Wildman–Crippen LogP) is 2.07. The number of aromatic nitrogens is 1. The minimum atomic E-state index is -0.461. The molecule has 0 unspecified atom stereocenters. The van der Waals surface area contributed by atoms with Crippen LogP contribution in [0.15, 0.2) is 12.1 Å². The van der Waals surface area contributed by atoms with Crippen LogP contribution in [0.2, 0.25) is 0 Å². The number of likely N-dealkylation sites (N-methyl/N-ethyl adjacent to an activating group) is 2. The molecule has 0 atom stereocenters. The van der Waals surface area contributed by atoms with Crippen LogP contribution in [-0.2, 0) is 17.6 Å². The maximum Gasteiger partial charge on any atom is 0.410 e. The molecule has 0 aromatic carbocycles. The molecule has 1 aromatic rings. The van der Waals surface area contributed by atoms with Crippen LogP contribution < -0.4 is 10.2 Å². The zero-order valence-electron chi connectivity index (χ0n) is 15.6. The second kappa shape index (κ2) is 7.83. The standard InChI is InChI=1S/C18H30N4O2/c1-18(2,3)24-17(23)22-11-8-14-6-7-16(20-15(14)9-12-22)21(5)13-10-19-4/h6-7,19H,8-13H2,1-5H3. The number of anilines is 1. The molecule has 0 saturated heterocycles. The molecule has 6 heteroatoms. The van der Waals surface area contributed by atoms with Crippen molar-refractivity contribution in [3.05, 3.63) is 23.4 Å². The molecule has 0 radical (unpaired) electrons. The van der Waals surface area contributed by atoms with Crippen molar-refractivity contribution in [1.29, 1.82) is 0 Å². The van der Waals surface area contributed by atoms with E-state index >= 15 is 0 Å². The van der Waals surface area contributed by atoms with Crippen molar-refractivity contribution in [2.24, 2.45) is 0 Å². The Morgan fingerprint density at radius 1 is 1.33 bits per heavy atom. The quantitative estimate of drug-likeness (QED) is 0.913. The highest BCUT2D eigenvalue weighted by atomic mass is 16.6. The molecule has 1 aliphatic rings. The van der Waals surface area contributed by atoms with Crippen LogP contribution in [0.1, 0.15) is 32.0 Å². The fourth-order valence-corrected chi connectivity index (χ4v) is 2.69. The van der Waals surface area contributed by atoms with Gasteiger partial charge < -0.3 is 19.9 Å². The Morgan fingerprint density at radius 2 is 2.04 bits per heavy atom. The number of carbonyl (C=O) groups is 1. The molecule has 0 fully saturated rings. The Labute approximate surface area is 145 Å². The largest absolute Gasteiger partial charge is 0.444 e. The molecule has 1 aromatic heterocycles. The van der Waals surface area contributed by atoms with Gasteiger partial charge in [-0.15, -0.1) is 0 Å². The van der Waals surface area contributed by atoms with Crippen LogP contribution in [-0.4, -0.2) is 61.9 Å². The van der Waals surface area contributed by atoms with Crippen LogP contribution in [0.3, 0.4) is 0 Å². The molecule has 2 rings (SSSR count). The lowest BCUT2D eigenvalue weighted by Crippen LogP contribution is -2.38. The molecular formula is C18H30N4O2. The summed E-state index contributed by atoms with van der Waals surface area (Å²) in [6, 6.07) is 4.21. The van der Waals surface area contributed by atoms with Crippen LogP contribution in [0.4, 0.5) is 10.6 Å². The highest BCUT2D eigenvalue weighted by Crippen LogP contribution is 2.20. The first kappa shape index (κ1) is 18.5. The highest BCUT2D eigenvalue weighted by molar-refractivity contribution is 5.68. The lowest BCUT2D eigenvalue weighted by atomic mass is 10.1. The second-order valence-corrected chi connectivity index (χ2v) is 7.27. The van der Waals surface area contributed by atoms with Gasteiger partial charge in [0.2, 0.25) is 0 Å². The number of hydrogen-bond acceptors (Lipinski definition) is 5. The Balaban J connectivity index is 2.04. The Morgan fingerprint density at radius 3 is 2.71 bits per heavy atom. The lowest BCUT2D eigenvalue weighted by molar-refractivity contribution is 0.0258. The average molecular weight is 334 g/mol. The minimum absolute atomic E-state index is 0.235. The summed E-state index contributed by atoms with van der Waals surface area (Å²) in [5.74, 6) is 0.981. The van der Waals surface area contributed by atoms with Gasteiger partial charge in [0.05, 0.1) is 0 Å². The number of hydrogen-bond donors (Lipinski definition) is 1. The summed E-state index contributed by atoms with van der Waals surface area (Å²) in [5.41, 5.74) is 1.86. The fourth-order valence-electron chi connectivity index (χ4n) is 2.69. The Hall–Kier alpha value is -1.82. The molecule has 6 nitrogen and oxygen atoms in total. The molecule has 0 aliphatic carbocycles. The van der Waals surface area contributed by atoms with Gasteiger partial charge in [0, 0.05) is 45.3 Å². The summed E-state index contributed by atoms with van der Waals surface area (Å²) < 4.78 is 5.49. The number of nitrogens with zero attached hydrogens (tertiary/aromatic N) is 3. The molecule has 0 spiro atoms. The van der Waals surface area contributed by atoms with Crippen molar-refractivity contribution < 1.29 is 9.53 Å². The number of fused-ring (bicyclic) bond motifs is 1. The van der Waals surface area contributed by atoms with Crippen LogP contribution >= 0.6 is 0 Å². The van der Waals surface area contributed by atoms with Crippen LogP contribution in [0, 0.1) is 0 Å². The van der Waals surface area contributed by atoms with Gasteiger partial charge in [-0.25, -0.2) is 9.78 Å². The van der Waals surface area contributed by atoms with E-state index in [1.807, 2.05) is 27.8 Å². The number of ether oxygens (including phenoxy) is 1. The Kier molecular flexibility index (Phi) is 6.04. The third-order valence-corrected chi connectivity index (χ3v) is 4.06. The van der Waals surface area contributed by atoms with E-state index in [4.69, 9.17) is 9.72 Å². The topological polar surface area (TPSA) is 57.7 Å². The van der Waals surface area contributed by atoms with Crippen molar-refractivity contribution in [2.45, 2.75) is 39.2 Å². The van der Waals surface area contributed by atoms with E-state index in [1.165, 1.54) is 5.56 Å². The number of pyridine rings is 1. The Bertz CT molecular complexity index is 569. The van der Waals surface area contributed by atoms with Gasteiger partial charge in [-0.05, 0) is 45.9 Å². The first-order chi connectivity index (χ1) is 11.3. The summed E-state index contributed by atoms with van der Waals surface area (Å²) in [6.07, 6.45) is 1.35. The van der Waals surface area contributed by atoms with Gasteiger partial charge in [0.25, 0.3) is 0 Å². The molecular weight excluding hydrogens is 304 g/mol. The zero-order chi connectivity index (χ0) is 17.7. The molecule has 0 saturated carbocycles. The van der Waals surface area contributed by atoms with Gasteiger partial charge in [-0.1, -0.05) is 6.07 Å². The van der Waals surface area contributed by atoms with Crippen LogP contribution in [0.25, 0.3) is 0 Å². The normalized spacial score (nSPS) is 14.8. The first-order valence-corrected chi connectivity index (χ1v) is 8.62. The van der Waals surface area contributed by atoms with Crippen molar-refractivity contribution in [1.82, 2.24) is 15.2 Å². The number of carbonyl (C=O) groups excluding carboxylic acids is 1. The zero-order valence-corrected chi connectivity index (χ0v) is 15.6. The molecule has 2 heterocycles. The molecule has 1 N–H and O–H groups in total. The van der Waals surface area contributed by atoms with E-state index in [9.17, 15) is 4.79 Å². The molecule has 0 bridgehead atoms. The molecule has 134 valence electrons. The van der Waals surface area contributed by atoms with E-state index < -0.39 is 5.60 Å². The summed E-state index contributed by atoms with van der Waals surface area (Å²) in [5, 5.41) is 3.15. The van der Waals surface area contributed by atoms with Gasteiger partial charge in [-0.3, -0.25) is 0 Å². The number of nitrogens with one attached hydrogen (secondary N) is 1. The van der Waals surface area contributed by atoms with E-state index in [-0.39, 0.29) is 6.09 Å². The van der Waals surface area contributed by atoms with Gasteiger partial charge >= 0.3 is 6.09 Å². The maximum absolute atomic E-state index is 12.3. The average Bonchev–Trinajstić information content (AvgIpc) is 2.72. The van der Waals surface area contributed by atoms with E-state index in [2.05, 4.69) is 29.4 Å². The summed E-state index contributed by atoms with van der Waals surface area (Å²) in [4.78, 5) is 21.0. The summed E-state index contributed by atoms with van der Waals surface area (Å²) in [7, 11) is 4.00. The number of amides is 1. The van der Waals surface area contributed by atoms with Crippen molar-refractivity contribution >= 4 is 11.9 Å². The van der Waals surface area contributed by atoms with Gasteiger partial charge in [0.1, 0.15) is 11.4 Å². The van der Waals surface area contributed by atoms with E-state index in [0.29, 0.717) is 13.1 Å². The van der Waals surface area contributed by atoms with E-state index in [1.54, 1.807) is 4.90 Å². The number of rotatable bonds is 4. The van der Waals surface area contributed by atoms with Crippen molar-refractivity contribution in [3.63, 3.8) is 0 Å². The summed E-state index contributed by atoms with van der Waals surface area (Å²) >= 11 is 0. The fraction of sp³-hybridized carbons (Fsp3) is 0.667. The predicted molar refractivity (Wildman–Crippen MR) is 96.6 cm³/mol. The van der Waals surface area contributed by atoms with Gasteiger partial charge in [0.15, 0.2) is 0 Å². The third-order valence-electron chi connectivity index (χ3n) is 4.06. The third kappa shape index (κ3) is 5.09. The summed E-state index contributed by atoms with van der Waals surface area (Å²) in [6.45, 7) is 8.84. The lowest BCUT2D eigenvalue weighted by Gasteiger charge is -2.26. The molecule has 1 aliphatic heterocycles. The van der Waals surface area contributed by atoms with Crippen LogP contribution in [0.5, 0.6) is 0 Å². The second-order valence-electron chi connectivity index (χ2n) is 7.27. The first-order valence-electron chi connectivity index (χ1n) is 8.62. The smallest absolute Gasteiger partial charge is 0.410 e. The van der Waals surface area contributed by atoms with Gasteiger partial charge in [-0.2, -0.15) is 0 Å². The SMILES string of the molecule is CNCCN(C)c1ccc2c(n1)CCN(C(=O)OC(C)(C)C)CC2. The van der Waals surface area contributed by atoms with Crippen molar-refractivity contribution in [2.75, 3.05) is 45.2 Å².